The van der Waals surface area contributed by atoms with Crippen molar-refractivity contribution in [1.29, 1.82) is 0 Å². The number of carboxylic acids is 1. The van der Waals surface area contributed by atoms with Gasteiger partial charge in [0.05, 0.1) is 5.56 Å². The van der Waals surface area contributed by atoms with Crippen LogP contribution < -0.4 is 0 Å². The summed E-state index contributed by atoms with van der Waals surface area (Å²) in [4.78, 5) is 17.0. The van der Waals surface area contributed by atoms with E-state index in [9.17, 15) is 9.90 Å². The maximum atomic E-state index is 11.6. The van der Waals surface area contributed by atoms with Crippen LogP contribution in [-0.2, 0) is 0 Å². The Morgan fingerprint density at radius 3 is 2.83 bits per heavy atom. The largest absolute Gasteiger partial charge is 0.478 e. The number of carbonyl (C=O) groups is 1. The SMILES string of the molecule is O=C(O)c1ccc(-c2csc3ncccc23)cc1C1CCCC1. The van der Waals surface area contributed by atoms with Gasteiger partial charge in [-0.2, -0.15) is 0 Å². The van der Waals surface area contributed by atoms with Crippen molar-refractivity contribution in [3.05, 3.63) is 53.0 Å². The van der Waals surface area contributed by atoms with Crippen molar-refractivity contribution in [3.8, 4) is 11.1 Å². The number of aromatic carboxylic acids is 1. The number of hydrogen-bond acceptors (Lipinski definition) is 3. The number of rotatable bonds is 3. The molecule has 116 valence electrons. The zero-order valence-electron chi connectivity index (χ0n) is 12.7. The summed E-state index contributed by atoms with van der Waals surface area (Å²) in [5.74, 6) is -0.445. The zero-order chi connectivity index (χ0) is 15.8. The molecule has 2 heterocycles. The number of nitrogens with zero attached hydrogens (tertiary/aromatic N) is 1. The highest BCUT2D eigenvalue weighted by Gasteiger charge is 2.23. The third-order valence-electron chi connectivity index (χ3n) is 4.74. The highest BCUT2D eigenvalue weighted by atomic mass is 32.1. The van der Waals surface area contributed by atoms with Gasteiger partial charge in [-0.1, -0.05) is 18.9 Å². The van der Waals surface area contributed by atoms with Gasteiger partial charge in [0.2, 0.25) is 0 Å². The minimum absolute atomic E-state index is 0.379. The van der Waals surface area contributed by atoms with Crippen molar-refractivity contribution in [2.75, 3.05) is 0 Å². The van der Waals surface area contributed by atoms with Crippen molar-refractivity contribution in [2.45, 2.75) is 31.6 Å². The Hall–Kier alpha value is -2.20. The van der Waals surface area contributed by atoms with Crippen LogP contribution in [-0.4, -0.2) is 16.1 Å². The molecule has 1 fully saturated rings. The Bertz CT molecular complexity index is 878. The fourth-order valence-corrected chi connectivity index (χ4v) is 4.51. The molecule has 2 aromatic heterocycles. The topological polar surface area (TPSA) is 50.2 Å². The lowest BCUT2D eigenvalue weighted by molar-refractivity contribution is 0.0695. The van der Waals surface area contributed by atoms with E-state index in [0.717, 1.165) is 39.7 Å². The molecule has 1 aromatic carbocycles. The molecular weight excluding hydrogens is 306 g/mol. The number of pyridine rings is 1. The maximum absolute atomic E-state index is 11.6. The molecular formula is C19H17NO2S. The molecule has 1 saturated carbocycles. The third-order valence-corrected chi connectivity index (χ3v) is 5.64. The van der Waals surface area contributed by atoms with Crippen LogP contribution in [0.4, 0.5) is 0 Å². The van der Waals surface area contributed by atoms with E-state index in [1.807, 2.05) is 12.1 Å². The number of hydrogen-bond donors (Lipinski definition) is 1. The summed E-state index contributed by atoms with van der Waals surface area (Å²) >= 11 is 1.63. The van der Waals surface area contributed by atoms with Crippen LogP contribution in [0, 0.1) is 0 Å². The Morgan fingerprint density at radius 1 is 1.22 bits per heavy atom. The lowest BCUT2D eigenvalue weighted by atomic mass is 9.90. The average molecular weight is 323 g/mol. The van der Waals surface area contributed by atoms with Crippen molar-refractivity contribution >= 4 is 27.5 Å². The quantitative estimate of drug-likeness (QED) is 0.709. The smallest absolute Gasteiger partial charge is 0.335 e. The first-order valence-corrected chi connectivity index (χ1v) is 8.82. The molecule has 0 amide bonds. The second kappa shape index (κ2) is 5.78. The second-order valence-electron chi connectivity index (χ2n) is 6.09. The molecule has 0 unspecified atom stereocenters. The molecule has 0 bridgehead atoms. The first-order valence-electron chi connectivity index (χ1n) is 7.94. The minimum atomic E-state index is -0.824. The Kier molecular flexibility index (Phi) is 3.62. The predicted octanol–water partition coefficient (Wildman–Crippen LogP) is 5.32. The molecule has 1 aliphatic carbocycles. The normalized spacial score (nSPS) is 15.3. The summed E-state index contributed by atoms with van der Waals surface area (Å²) in [5.41, 5.74) is 3.69. The van der Waals surface area contributed by atoms with Gasteiger partial charge in [-0.15, -0.1) is 11.3 Å². The van der Waals surface area contributed by atoms with Gasteiger partial charge < -0.3 is 5.11 Å². The lowest BCUT2D eigenvalue weighted by Crippen LogP contribution is -2.05. The predicted molar refractivity (Wildman–Crippen MR) is 93.2 cm³/mol. The summed E-state index contributed by atoms with van der Waals surface area (Å²) in [7, 11) is 0. The molecule has 3 aromatic rings. The van der Waals surface area contributed by atoms with Gasteiger partial charge in [-0.05, 0) is 54.2 Å². The lowest BCUT2D eigenvalue weighted by Gasteiger charge is -2.14. The summed E-state index contributed by atoms with van der Waals surface area (Å²) in [6.45, 7) is 0. The van der Waals surface area contributed by atoms with Gasteiger partial charge in [0.15, 0.2) is 0 Å². The van der Waals surface area contributed by atoms with Crippen LogP contribution in [0.25, 0.3) is 21.3 Å². The molecule has 0 aliphatic heterocycles. The maximum Gasteiger partial charge on any atom is 0.335 e. The van der Waals surface area contributed by atoms with Gasteiger partial charge in [-0.3, -0.25) is 0 Å². The molecule has 23 heavy (non-hydrogen) atoms. The van der Waals surface area contributed by atoms with E-state index in [0.29, 0.717) is 11.5 Å². The summed E-state index contributed by atoms with van der Waals surface area (Å²) in [6.07, 6.45) is 6.38. The second-order valence-corrected chi connectivity index (χ2v) is 6.95. The van der Waals surface area contributed by atoms with Crippen molar-refractivity contribution < 1.29 is 9.90 Å². The van der Waals surface area contributed by atoms with Crippen LogP contribution in [0.2, 0.25) is 0 Å². The number of thiophene rings is 1. The van der Waals surface area contributed by atoms with Gasteiger partial charge in [0.25, 0.3) is 0 Å². The summed E-state index contributed by atoms with van der Waals surface area (Å²) in [5, 5.41) is 12.8. The Balaban J connectivity index is 1.86. The third kappa shape index (κ3) is 2.53. The van der Waals surface area contributed by atoms with Crippen molar-refractivity contribution in [1.82, 2.24) is 4.98 Å². The van der Waals surface area contributed by atoms with E-state index in [1.54, 1.807) is 23.6 Å². The van der Waals surface area contributed by atoms with Crippen molar-refractivity contribution in [2.24, 2.45) is 0 Å². The van der Waals surface area contributed by atoms with Gasteiger partial charge in [0, 0.05) is 22.5 Å². The van der Waals surface area contributed by atoms with Crippen LogP contribution >= 0.6 is 11.3 Å². The fourth-order valence-electron chi connectivity index (χ4n) is 3.59. The molecule has 0 spiro atoms. The first kappa shape index (κ1) is 14.4. The molecule has 4 rings (SSSR count). The van der Waals surface area contributed by atoms with E-state index in [1.165, 1.54) is 12.8 Å². The molecule has 3 nitrogen and oxygen atoms in total. The molecule has 0 atom stereocenters. The van der Waals surface area contributed by atoms with E-state index in [4.69, 9.17) is 0 Å². The Labute approximate surface area is 138 Å². The van der Waals surface area contributed by atoms with E-state index < -0.39 is 5.97 Å². The fraction of sp³-hybridized carbons (Fsp3) is 0.263. The van der Waals surface area contributed by atoms with E-state index in [2.05, 4.69) is 22.5 Å². The number of aromatic nitrogens is 1. The molecule has 0 saturated heterocycles. The first-order chi connectivity index (χ1) is 11.2. The number of carboxylic acid groups (broad SMARTS) is 1. The molecule has 0 radical (unpaired) electrons. The van der Waals surface area contributed by atoms with Crippen molar-refractivity contribution in [3.63, 3.8) is 0 Å². The van der Waals surface area contributed by atoms with E-state index in [-0.39, 0.29) is 0 Å². The molecule has 1 aliphatic rings. The summed E-state index contributed by atoms with van der Waals surface area (Å²) in [6, 6.07) is 9.81. The Morgan fingerprint density at radius 2 is 2.04 bits per heavy atom. The van der Waals surface area contributed by atoms with Crippen LogP contribution in [0.1, 0.15) is 47.5 Å². The van der Waals surface area contributed by atoms with Crippen LogP contribution in [0.15, 0.2) is 41.9 Å². The molecule has 4 heteroatoms. The van der Waals surface area contributed by atoms with Crippen LogP contribution in [0.3, 0.4) is 0 Å². The highest BCUT2D eigenvalue weighted by molar-refractivity contribution is 7.17. The van der Waals surface area contributed by atoms with Gasteiger partial charge in [-0.25, -0.2) is 9.78 Å². The van der Waals surface area contributed by atoms with Crippen LogP contribution in [0.5, 0.6) is 0 Å². The highest BCUT2D eigenvalue weighted by Crippen LogP contribution is 2.39. The number of benzene rings is 1. The minimum Gasteiger partial charge on any atom is -0.478 e. The zero-order valence-corrected chi connectivity index (χ0v) is 13.5. The van der Waals surface area contributed by atoms with Gasteiger partial charge in [0.1, 0.15) is 4.83 Å². The van der Waals surface area contributed by atoms with E-state index >= 15 is 0 Å². The van der Waals surface area contributed by atoms with Gasteiger partial charge >= 0.3 is 5.97 Å². The number of fused-ring (bicyclic) bond motifs is 1. The average Bonchev–Trinajstić information content (AvgIpc) is 3.24. The standard InChI is InChI=1S/C19H17NO2S/c21-19(22)15-8-7-13(10-16(15)12-4-1-2-5-12)17-11-23-18-14(17)6-3-9-20-18/h3,6-12H,1-2,4-5H2,(H,21,22). The monoisotopic (exact) mass is 323 g/mol. The summed E-state index contributed by atoms with van der Waals surface area (Å²) < 4.78 is 0. The molecule has 1 N–H and O–H groups in total.